The lowest BCUT2D eigenvalue weighted by molar-refractivity contribution is -0.137. The predicted molar refractivity (Wildman–Crippen MR) is 212 cm³/mol. The number of pyridine rings is 1. The highest BCUT2D eigenvalue weighted by Gasteiger charge is 2.40. The van der Waals surface area contributed by atoms with Crippen LogP contribution < -0.4 is 5.32 Å². The number of imidazole rings is 1. The van der Waals surface area contributed by atoms with Gasteiger partial charge < -0.3 is 23.8 Å². The number of carbonyl (C=O) groups is 5. The number of imide groups is 1. The minimum Gasteiger partial charge on any atom is -0.449 e. The maximum Gasteiger partial charge on any atom is 0.339 e. The Hall–Kier alpha value is -6.65. The molecule has 58 heavy (non-hydrogen) atoms. The SMILES string of the molecule is CC(=O)N1CCn2c(C3CCOCC3)nc(-c3cccc4cc(-c5ccc(C(=O)OCC#Cc6cccc7c6CN(C6CCC(=O)NC6=O)C7=O)cc5)ncc34)c2C1. The average molecular weight is 777 g/mol. The molecule has 9 rings (SSSR count). The van der Waals surface area contributed by atoms with Crippen LogP contribution in [0, 0.1) is 11.8 Å². The Morgan fingerprint density at radius 3 is 2.53 bits per heavy atom. The first-order valence-electron chi connectivity index (χ1n) is 19.6. The molecule has 2 saturated heterocycles. The van der Waals surface area contributed by atoms with E-state index in [0.29, 0.717) is 47.8 Å². The molecule has 4 amide bonds. The van der Waals surface area contributed by atoms with Crippen molar-refractivity contribution in [2.45, 2.75) is 64.2 Å². The van der Waals surface area contributed by atoms with Crippen LogP contribution in [0.5, 0.6) is 0 Å². The van der Waals surface area contributed by atoms with Gasteiger partial charge in [-0.15, -0.1) is 0 Å². The lowest BCUT2D eigenvalue weighted by Gasteiger charge is -2.30. The van der Waals surface area contributed by atoms with E-state index in [1.165, 1.54) is 4.90 Å². The Balaban J connectivity index is 0.888. The highest BCUT2D eigenvalue weighted by molar-refractivity contribution is 6.05. The number of nitrogens with one attached hydrogen (secondary N) is 1. The molecule has 0 saturated carbocycles. The van der Waals surface area contributed by atoms with Crippen LogP contribution in [0.15, 0.2) is 72.9 Å². The molecule has 2 fully saturated rings. The van der Waals surface area contributed by atoms with Gasteiger partial charge in [0.05, 0.1) is 29.2 Å². The number of piperidine rings is 1. The van der Waals surface area contributed by atoms with E-state index in [1.54, 1.807) is 37.3 Å². The second kappa shape index (κ2) is 15.4. The fourth-order valence-corrected chi connectivity index (χ4v) is 8.48. The van der Waals surface area contributed by atoms with Gasteiger partial charge in [0, 0.05) is 85.9 Å². The summed E-state index contributed by atoms with van der Waals surface area (Å²) in [5.41, 5.74) is 6.64. The van der Waals surface area contributed by atoms with Crippen LogP contribution in [0.1, 0.15) is 81.9 Å². The van der Waals surface area contributed by atoms with Gasteiger partial charge in [-0.3, -0.25) is 29.5 Å². The lowest BCUT2D eigenvalue weighted by Crippen LogP contribution is -2.52. The molecule has 6 heterocycles. The molecule has 4 aliphatic heterocycles. The van der Waals surface area contributed by atoms with E-state index >= 15 is 0 Å². The summed E-state index contributed by atoms with van der Waals surface area (Å²) in [5, 5.41) is 4.27. The molecule has 4 aliphatic rings. The first kappa shape index (κ1) is 37.0. The fourth-order valence-electron chi connectivity index (χ4n) is 8.48. The third-order valence-electron chi connectivity index (χ3n) is 11.6. The summed E-state index contributed by atoms with van der Waals surface area (Å²) in [6.45, 7) is 4.98. The number of benzene rings is 3. The zero-order valence-corrected chi connectivity index (χ0v) is 32.0. The van der Waals surface area contributed by atoms with E-state index in [0.717, 1.165) is 70.9 Å². The van der Waals surface area contributed by atoms with Crippen molar-refractivity contribution >= 4 is 40.4 Å². The average Bonchev–Trinajstić information content (AvgIpc) is 3.80. The second-order valence-electron chi connectivity index (χ2n) is 15.0. The lowest BCUT2D eigenvalue weighted by atomic mass is 9.99. The van der Waals surface area contributed by atoms with Crippen molar-refractivity contribution in [1.29, 1.82) is 0 Å². The van der Waals surface area contributed by atoms with Gasteiger partial charge in [-0.1, -0.05) is 48.2 Å². The molecule has 1 unspecified atom stereocenters. The van der Waals surface area contributed by atoms with Crippen molar-refractivity contribution in [1.82, 2.24) is 29.7 Å². The van der Waals surface area contributed by atoms with E-state index in [9.17, 15) is 24.0 Å². The summed E-state index contributed by atoms with van der Waals surface area (Å²) >= 11 is 0. The molecule has 0 bridgehead atoms. The number of carbonyl (C=O) groups excluding carboxylic acids is 5. The Morgan fingerprint density at radius 2 is 1.74 bits per heavy atom. The Labute approximate surface area is 334 Å². The number of aromatic nitrogens is 3. The first-order valence-corrected chi connectivity index (χ1v) is 19.6. The van der Waals surface area contributed by atoms with Crippen LogP contribution in [0.3, 0.4) is 0 Å². The number of amides is 4. The van der Waals surface area contributed by atoms with Gasteiger partial charge in [0.1, 0.15) is 11.9 Å². The Kier molecular flexibility index (Phi) is 9.79. The van der Waals surface area contributed by atoms with Gasteiger partial charge in [0.15, 0.2) is 6.61 Å². The summed E-state index contributed by atoms with van der Waals surface area (Å²) < 4.78 is 13.4. The number of esters is 1. The third-order valence-corrected chi connectivity index (χ3v) is 11.6. The number of hydrogen-bond acceptors (Lipinski definition) is 9. The molecule has 292 valence electrons. The van der Waals surface area contributed by atoms with Gasteiger partial charge in [0.2, 0.25) is 17.7 Å². The van der Waals surface area contributed by atoms with Crippen molar-refractivity contribution in [3.63, 3.8) is 0 Å². The quantitative estimate of drug-likeness (QED) is 0.143. The van der Waals surface area contributed by atoms with Crippen molar-refractivity contribution < 1.29 is 33.4 Å². The molecule has 1 N–H and O–H groups in total. The summed E-state index contributed by atoms with van der Waals surface area (Å²) in [4.78, 5) is 76.0. The van der Waals surface area contributed by atoms with Crippen LogP contribution in [-0.4, -0.2) is 86.3 Å². The fraction of sp³-hybridized carbons (Fsp3) is 0.311. The predicted octanol–water partition coefficient (Wildman–Crippen LogP) is 4.99. The zero-order chi connectivity index (χ0) is 39.9. The van der Waals surface area contributed by atoms with E-state index in [1.807, 2.05) is 35.4 Å². The van der Waals surface area contributed by atoms with E-state index in [4.69, 9.17) is 19.4 Å². The third kappa shape index (κ3) is 6.90. The van der Waals surface area contributed by atoms with Crippen molar-refractivity contribution in [3.05, 3.63) is 107 Å². The maximum atomic E-state index is 13.1. The van der Waals surface area contributed by atoms with Crippen LogP contribution in [0.25, 0.3) is 33.3 Å². The van der Waals surface area contributed by atoms with Crippen LogP contribution in [0.4, 0.5) is 0 Å². The molecular formula is C45H40N6O7. The first-order chi connectivity index (χ1) is 28.2. The smallest absolute Gasteiger partial charge is 0.339 e. The number of ether oxygens (including phenoxy) is 2. The van der Waals surface area contributed by atoms with E-state index in [2.05, 4.69) is 33.9 Å². The number of rotatable bonds is 6. The summed E-state index contributed by atoms with van der Waals surface area (Å²) in [6.07, 6.45) is 4.17. The minimum absolute atomic E-state index is 0.0523. The van der Waals surface area contributed by atoms with Gasteiger partial charge >= 0.3 is 5.97 Å². The summed E-state index contributed by atoms with van der Waals surface area (Å²) in [6, 6.07) is 19.7. The molecule has 13 heteroatoms. The molecule has 2 aromatic heterocycles. The highest BCUT2D eigenvalue weighted by atomic mass is 16.5. The van der Waals surface area contributed by atoms with Crippen LogP contribution in [0.2, 0.25) is 0 Å². The van der Waals surface area contributed by atoms with Crippen molar-refractivity contribution in [2.24, 2.45) is 0 Å². The number of hydrogen-bond donors (Lipinski definition) is 1. The van der Waals surface area contributed by atoms with Gasteiger partial charge in [-0.25, -0.2) is 9.78 Å². The topological polar surface area (TPSA) is 153 Å². The largest absolute Gasteiger partial charge is 0.449 e. The van der Waals surface area contributed by atoms with Crippen LogP contribution >= 0.6 is 0 Å². The van der Waals surface area contributed by atoms with Crippen molar-refractivity contribution in [2.75, 3.05) is 26.4 Å². The molecular weight excluding hydrogens is 737 g/mol. The molecule has 3 aromatic carbocycles. The van der Waals surface area contributed by atoms with E-state index < -0.39 is 17.9 Å². The minimum atomic E-state index is -0.716. The monoisotopic (exact) mass is 776 g/mol. The van der Waals surface area contributed by atoms with Gasteiger partial charge in [0.25, 0.3) is 5.91 Å². The molecule has 0 aliphatic carbocycles. The Bertz CT molecular complexity index is 2580. The number of nitrogens with zero attached hydrogens (tertiary/aromatic N) is 5. The molecule has 1 atom stereocenters. The maximum absolute atomic E-state index is 13.1. The van der Waals surface area contributed by atoms with Crippen LogP contribution in [-0.2, 0) is 43.5 Å². The Morgan fingerprint density at radius 1 is 0.948 bits per heavy atom. The molecule has 0 radical (unpaired) electrons. The van der Waals surface area contributed by atoms with E-state index in [-0.39, 0.29) is 43.7 Å². The van der Waals surface area contributed by atoms with Gasteiger partial charge in [-0.2, -0.15) is 0 Å². The standard InChI is InChI=1S/C45H40N6O7/c1-27(52)49-18-19-50-39(26-49)41(48-42(50)30-16-21-57-22-17-30)33-8-3-6-32-23-37(46-24-35(32)33)29-10-12-31(13-11-29)45(56)58-20-4-7-28-5-2-9-34-36(28)25-51(44(34)55)38-14-15-40(53)47-43(38)54/h2-3,5-6,8-13,23-24,30,38H,14-22,25-26H2,1H3,(H,47,53,54). The highest BCUT2D eigenvalue weighted by Crippen LogP contribution is 2.38. The normalized spacial score (nSPS) is 18.0. The summed E-state index contributed by atoms with van der Waals surface area (Å²) in [5.74, 6) is 5.72. The zero-order valence-electron chi connectivity index (χ0n) is 32.0. The second-order valence-corrected chi connectivity index (χ2v) is 15.0. The number of fused-ring (bicyclic) bond motifs is 3. The van der Waals surface area contributed by atoms with Gasteiger partial charge in [-0.05, 0) is 60.5 Å². The molecule has 5 aromatic rings. The molecule has 0 spiro atoms. The molecule has 13 nitrogen and oxygen atoms in total. The summed E-state index contributed by atoms with van der Waals surface area (Å²) in [7, 11) is 0. The van der Waals surface area contributed by atoms with Crippen molar-refractivity contribution in [3.8, 4) is 34.4 Å².